The van der Waals surface area contributed by atoms with Crippen molar-refractivity contribution in [1.29, 1.82) is 0 Å². The van der Waals surface area contributed by atoms with Gasteiger partial charge in [0.25, 0.3) is 0 Å². The molecule has 1 fully saturated rings. The maximum absolute atomic E-state index is 13.2. The Bertz CT molecular complexity index is 1010. The van der Waals surface area contributed by atoms with E-state index in [9.17, 15) is 13.2 Å². The van der Waals surface area contributed by atoms with Crippen molar-refractivity contribution in [1.82, 2.24) is 9.29 Å². The number of carbonyl (C=O) groups is 1. The molecule has 4 rings (SSSR count). The summed E-state index contributed by atoms with van der Waals surface area (Å²) in [7, 11) is -3.85. The van der Waals surface area contributed by atoms with E-state index in [2.05, 4.69) is 10.3 Å². The third-order valence-corrected chi connectivity index (χ3v) is 6.70. The summed E-state index contributed by atoms with van der Waals surface area (Å²) in [5.41, 5.74) is 0.956. The highest BCUT2D eigenvalue weighted by Gasteiger charge is 2.40. The van der Waals surface area contributed by atoms with Gasteiger partial charge in [-0.15, -0.1) is 0 Å². The van der Waals surface area contributed by atoms with Crippen molar-refractivity contribution in [2.75, 3.05) is 25.1 Å². The van der Waals surface area contributed by atoms with Gasteiger partial charge in [0.05, 0.1) is 4.90 Å². The molecule has 1 amide bonds. The summed E-state index contributed by atoms with van der Waals surface area (Å²) in [6.45, 7) is 2.98. The maximum atomic E-state index is 13.2. The van der Waals surface area contributed by atoms with Crippen LogP contribution in [0.3, 0.4) is 0 Å². The van der Waals surface area contributed by atoms with Crippen molar-refractivity contribution in [2.45, 2.75) is 30.7 Å². The molecule has 0 saturated carbocycles. The molecule has 1 unspecified atom stereocenters. The molecule has 1 atom stereocenters. The smallest absolute Gasteiger partial charge is 0.243 e. The van der Waals surface area contributed by atoms with Crippen LogP contribution < -0.4 is 14.8 Å². The van der Waals surface area contributed by atoms with Gasteiger partial charge in [-0.2, -0.15) is 4.31 Å². The first kappa shape index (κ1) is 18.7. The molecule has 1 aromatic heterocycles. The summed E-state index contributed by atoms with van der Waals surface area (Å²) < 4.78 is 38.5. The first-order valence-electron chi connectivity index (χ1n) is 9.10. The fourth-order valence-electron chi connectivity index (χ4n) is 3.42. The van der Waals surface area contributed by atoms with Gasteiger partial charge in [0.2, 0.25) is 15.9 Å². The number of fused-ring (bicyclic) bond motifs is 1. The van der Waals surface area contributed by atoms with Crippen molar-refractivity contribution in [3.63, 3.8) is 0 Å². The Labute approximate surface area is 163 Å². The number of hydrogen-bond acceptors (Lipinski definition) is 6. The van der Waals surface area contributed by atoms with Crippen LogP contribution in [-0.4, -0.2) is 49.4 Å². The number of nitrogens with one attached hydrogen (secondary N) is 1. The number of hydrogen-bond donors (Lipinski definition) is 1. The molecule has 8 nitrogen and oxygen atoms in total. The monoisotopic (exact) mass is 403 g/mol. The number of anilines is 1. The predicted molar refractivity (Wildman–Crippen MR) is 102 cm³/mol. The van der Waals surface area contributed by atoms with E-state index in [0.717, 1.165) is 5.56 Å². The molecule has 3 heterocycles. The van der Waals surface area contributed by atoms with Crippen molar-refractivity contribution in [3.8, 4) is 11.5 Å². The van der Waals surface area contributed by atoms with Crippen LogP contribution in [0, 0.1) is 6.92 Å². The lowest BCUT2D eigenvalue weighted by molar-refractivity contribution is -0.119. The highest BCUT2D eigenvalue weighted by atomic mass is 32.2. The van der Waals surface area contributed by atoms with Gasteiger partial charge in [-0.3, -0.25) is 4.79 Å². The third kappa shape index (κ3) is 3.55. The summed E-state index contributed by atoms with van der Waals surface area (Å²) in [5.74, 6) is 0.952. The van der Waals surface area contributed by atoms with E-state index in [0.29, 0.717) is 43.4 Å². The van der Waals surface area contributed by atoms with Crippen LogP contribution in [0.2, 0.25) is 0 Å². The van der Waals surface area contributed by atoms with Gasteiger partial charge in [-0.1, -0.05) is 0 Å². The molecule has 9 heteroatoms. The van der Waals surface area contributed by atoms with Crippen molar-refractivity contribution in [3.05, 3.63) is 42.1 Å². The molecule has 1 saturated heterocycles. The number of ether oxygens (including phenoxy) is 2. The average molecular weight is 403 g/mol. The number of benzene rings is 1. The second-order valence-electron chi connectivity index (χ2n) is 6.79. The number of amides is 1. The first-order valence-corrected chi connectivity index (χ1v) is 10.5. The number of pyridine rings is 1. The number of carbonyl (C=O) groups excluding carboxylic acids is 1. The van der Waals surface area contributed by atoms with Crippen molar-refractivity contribution >= 4 is 21.7 Å². The van der Waals surface area contributed by atoms with Gasteiger partial charge in [-0.25, -0.2) is 13.4 Å². The standard InChI is InChI=1S/C19H21N3O5S/c1-13-6-7-20-18(11-13)21-19(23)15-3-2-8-22(15)28(24,25)14-4-5-16-17(12-14)27-10-9-26-16/h4-7,11-12,15H,2-3,8-10H2,1H3,(H,20,21,23). The highest BCUT2D eigenvalue weighted by molar-refractivity contribution is 7.89. The van der Waals surface area contributed by atoms with E-state index in [1.807, 2.05) is 13.0 Å². The van der Waals surface area contributed by atoms with Gasteiger partial charge in [-0.05, 0) is 49.6 Å². The molecule has 2 aromatic rings. The van der Waals surface area contributed by atoms with E-state index in [1.165, 1.54) is 16.4 Å². The molecule has 2 aliphatic rings. The SMILES string of the molecule is Cc1ccnc(NC(=O)C2CCCN2S(=O)(=O)c2ccc3c(c2)OCCO3)c1. The number of aryl methyl sites for hydroxylation is 1. The van der Waals surface area contributed by atoms with Crippen LogP contribution in [0.15, 0.2) is 41.4 Å². The normalized spacial score (nSPS) is 19.4. The topological polar surface area (TPSA) is 97.8 Å². The van der Waals surface area contributed by atoms with Crippen LogP contribution >= 0.6 is 0 Å². The van der Waals surface area contributed by atoms with Gasteiger partial charge < -0.3 is 14.8 Å². The highest BCUT2D eigenvalue weighted by Crippen LogP contribution is 2.35. The summed E-state index contributed by atoms with van der Waals surface area (Å²) in [6, 6.07) is 7.32. The van der Waals surface area contributed by atoms with E-state index in [1.54, 1.807) is 18.3 Å². The minimum atomic E-state index is -3.85. The van der Waals surface area contributed by atoms with Crippen LogP contribution in [-0.2, 0) is 14.8 Å². The van der Waals surface area contributed by atoms with Gasteiger partial charge in [0.15, 0.2) is 11.5 Å². The Morgan fingerprint density at radius 3 is 2.75 bits per heavy atom. The fraction of sp³-hybridized carbons (Fsp3) is 0.368. The molecule has 0 aliphatic carbocycles. The number of rotatable bonds is 4. The Balaban J connectivity index is 1.57. The maximum Gasteiger partial charge on any atom is 0.243 e. The number of nitrogens with zero attached hydrogens (tertiary/aromatic N) is 2. The predicted octanol–water partition coefficient (Wildman–Crippen LogP) is 1.95. The lowest BCUT2D eigenvalue weighted by Crippen LogP contribution is -2.43. The third-order valence-electron chi connectivity index (χ3n) is 4.79. The zero-order valence-electron chi connectivity index (χ0n) is 15.4. The van der Waals surface area contributed by atoms with Crippen LogP contribution in [0.4, 0.5) is 5.82 Å². The minimum Gasteiger partial charge on any atom is -0.486 e. The van der Waals surface area contributed by atoms with Gasteiger partial charge >= 0.3 is 0 Å². The van der Waals surface area contributed by atoms with Gasteiger partial charge in [0.1, 0.15) is 25.1 Å². The Kier molecular flexibility index (Phi) is 4.94. The Morgan fingerprint density at radius 1 is 1.18 bits per heavy atom. The molecule has 148 valence electrons. The number of sulfonamides is 1. The molecular weight excluding hydrogens is 382 g/mol. The molecule has 1 N–H and O–H groups in total. The van der Waals surface area contributed by atoms with E-state index >= 15 is 0 Å². The second kappa shape index (κ2) is 7.40. The quantitative estimate of drug-likeness (QED) is 0.838. The molecule has 2 aliphatic heterocycles. The first-order chi connectivity index (χ1) is 13.4. The molecule has 0 spiro atoms. The van der Waals surface area contributed by atoms with E-state index < -0.39 is 16.1 Å². The van der Waals surface area contributed by atoms with E-state index in [4.69, 9.17) is 9.47 Å². The largest absolute Gasteiger partial charge is 0.486 e. The summed E-state index contributed by atoms with van der Waals surface area (Å²) in [5, 5.41) is 2.73. The number of aromatic nitrogens is 1. The molecular formula is C19H21N3O5S. The minimum absolute atomic E-state index is 0.0881. The van der Waals surface area contributed by atoms with Gasteiger partial charge in [0, 0.05) is 18.8 Å². The molecule has 0 bridgehead atoms. The lowest BCUT2D eigenvalue weighted by Gasteiger charge is -2.24. The average Bonchev–Trinajstić information content (AvgIpc) is 3.18. The fourth-order valence-corrected chi connectivity index (χ4v) is 5.10. The zero-order chi connectivity index (χ0) is 19.7. The Hall–Kier alpha value is -2.65. The molecule has 0 radical (unpaired) electrons. The summed E-state index contributed by atoms with van der Waals surface area (Å²) in [4.78, 5) is 16.9. The second-order valence-corrected chi connectivity index (χ2v) is 8.68. The molecule has 1 aromatic carbocycles. The van der Waals surface area contributed by atoms with Crippen molar-refractivity contribution < 1.29 is 22.7 Å². The molecule has 28 heavy (non-hydrogen) atoms. The lowest BCUT2D eigenvalue weighted by atomic mass is 10.2. The van der Waals surface area contributed by atoms with Crippen LogP contribution in [0.5, 0.6) is 11.5 Å². The Morgan fingerprint density at radius 2 is 1.96 bits per heavy atom. The summed E-state index contributed by atoms with van der Waals surface area (Å²) in [6.07, 6.45) is 2.67. The summed E-state index contributed by atoms with van der Waals surface area (Å²) >= 11 is 0. The van der Waals surface area contributed by atoms with Crippen molar-refractivity contribution in [2.24, 2.45) is 0 Å². The van der Waals surface area contributed by atoms with E-state index in [-0.39, 0.29) is 17.3 Å². The van der Waals surface area contributed by atoms with Crippen LogP contribution in [0.25, 0.3) is 0 Å². The van der Waals surface area contributed by atoms with Crippen LogP contribution in [0.1, 0.15) is 18.4 Å². The zero-order valence-corrected chi connectivity index (χ0v) is 16.2.